The molecular formula is C60H66BN5. The quantitative estimate of drug-likeness (QED) is 0.161. The summed E-state index contributed by atoms with van der Waals surface area (Å²) in [6, 6.07) is 52.0. The van der Waals surface area contributed by atoms with Crippen molar-refractivity contribution in [3.05, 3.63) is 167 Å². The molecule has 0 fully saturated rings. The molecular weight excluding hydrogens is 802 g/mol. The summed E-state index contributed by atoms with van der Waals surface area (Å²) >= 11 is 0. The Hall–Kier alpha value is -6.14. The molecule has 7 aromatic rings. The van der Waals surface area contributed by atoms with E-state index in [0.29, 0.717) is 5.95 Å². The summed E-state index contributed by atoms with van der Waals surface area (Å²) in [6.45, 7) is 30.4. The van der Waals surface area contributed by atoms with Gasteiger partial charge in [0.1, 0.15) is 11.6 Å². The van der Waals surface area contributed by atoms with E-state index in [9.17, 15) is 0 Å². The normalized spacial score (nSPS) is 16.0. The van der Waals surface area contributed by atoms with Gasteiger partial charge in [-0.25, -0.2) is 0 Å². The fourth-order valence-corrected chi connectivity index (χ4v) is 10.6. The van der Waals surface area contributed by atoms with E-state index in [1.165, 1.54) is 44.4 Å². The summed E-state index contributed by atoms with van der Waals surface area (Å²) in [4.78, 5) is 18.9. The number of para-hydroxylation sites is 2. The minimum Gasteiger partial charge on any atom is -0.296 e. The molecule has 0 amide bonds. The van der Waals surface area contributed by atoms with Gasteiger partial charge in [-0.05, 0) is 139 Å². The summed E-state index contributed by atoms with van der Waals surface area (Å²) in [6.07, 6.45) is 2.27. The molecule has 10 rings (SSSR count). The van der Waals surface area contributed by atoms with E-state index < -0.39 is 0 Å². The van der Waals surface area contributed by atoms with Crippen LogP contribution in [0.2, 0.25) is 0 Å². The summed E-state index contributed by atoms with van der Waals surface area (Å²) in [5.41, 5.74) is 17.0. The fourth-order valence-electron chi connectivity index (χ4n) is 10.6. The molecule has 66 heavy (non-hydrogen) atoms. The molecule has 0 radical (unpaired) electrons. The van der Waals surface area contributed by atoms with Crippen LogP contribution in [-0.4, -0.2) is 16.7 Å². The Kier molecular flexibility index (Phi) is 10.1. The van der Waals surface area contributed by atoms with Gasteiger partial charge in [-0.3, -0.25) is 14.7 Å². The lowest BCUT2D eigenvalue weighted by Gasteiger charge is -2.47. The number of hydrogen-bond donors (Lipinski definition) is 0. The number of rotatable bonds is 5. The first-order chi connectivity index (χ1) is 31.1. The van der Waals surface area contributed by atoms with Gasteiger partial charge in [-0.2, -0.15) is 9.97 Å². The zero-order chi connectivity index (χ0) is 46.7. The Morgan fingerprint density at radius 3 is 1.33 bits per heavy atom. The first kappa shape index (κ1) is 43.7. The lowest BCUT2D eigenvalue weighted by atomic mass is 9.33. The molecule has 3 heterocycles. The molecule has 6 aromatic carbocycles. The van der Waals surface area contributed by atoms with Gasteiger partial charge in [0.2, 0.25) is 5.95 Å². The topological polar surface area (TPSA) is 35.5 Å². The number of anilines is 9. The molecule has 0 saturated carbocycles. The van der Waals surface area contributed by atoms with Crippen molar-refractivity contribution in [1.29, 1.82) is 0 Å². The fraction of sp³-hybridized carbons (Fsp3) is 0.333. The minimum absolute atomic E-state index is 0.00122. The predicted octanol–water partition coefficient (Wildman–Crippen LogP) is 14.3. The van der Waals surface area contributed by atoms with Crippen LogP contribution in [0.25, 0.3) is 0 Å². The molecule has 334 valence electrons. The Bertz CT molecular complexity index is 2930. The van der Waals surface area contributed by atoms with Crippen molar-refractivity contribution in [2.75, 3.05) is 14.7 Å². The molecule has 2 aliphatic heterocycles. The lowest BCUT2D eigenvalue weighted by Crippen LogP contribution is -2.62. The van der Waals surface area contributed by atoms with Crippen LogP contribution in [0.15, 0.2) is 140 Å². The molecule has 1 aromatic heterocycles. The van der Waals surface area contributed by atoms with Gasteiger partial charge in [0, 0.05) is 39.6 Å². The second-order valence-electron chi connectivity index (χ2n) is 23.5. The third kappa shape index (κ3) is 7.32. The van der Waals surface area contributed by atoms with E-state index in [1.54, 1.807) is 0 Å². The van der Waals surface area contributed by atoms with Gasteiger partial charge in [0.25, 0.3) is 6.71 Å². The minimum atomic E-state index is -0.125. The maximum absolute atomic E-state index is 5.90. The first-order valence-electron chi connectivity index (χ1n) is 24.1. The van der Waals surface area contributed by atoms with Crippen LogP contribution in [0, 0.1) is 0 Å². The second-order valence-corrected chi connectivity index (χ2v) is 23.5. The second kappa shape index (κ2) is 15.2. The maximum Gasteiger partial charge on any atom is 0.256 e. The van der Waals surface area contributed by atoms with Crippen molar-refractivity contribution in [1.82, 2.24) is 9.97 Å². The van der Waals surface area contributed by atoms with E-state index >= 15 is 0 Å². The van der Waals surface area contributed by atoms with Gasteiger partial charge in [0.05, 0.1) is 0 Å². The first-order valence-corrected chi connectivity index (χ1v) is 24.1. The number of nitrogens with zero attached hydrogens (tertiary/aromatic N) is 5. The summed E-state index contributed by atoms with van der Waals surface area (Å²) in [5, 5.41) is 0. The summed E-state index contributed by atoms with van der Waals surface area (Å²) in [7, 11) is 0. The number of benzene rings is 6. The highest BCUT2D eigenvalue weighted by atomic mass is 15.3. The van der Waals surface area contributed by atoms with Crippen LogP contribution >= 0.6 is 0 Å². The molecule has 0 atom stereocenters. The van der Waals surface area contributed by atoms with Crippen molar-refractivity contribution in [3.8, 4) is 0 Å². The molecule has 1 aliphatic carbocycles. The molecule has 0 saturated heterocycles. The van der Waals surface area contributed by atoms with E-state index in [-0.39, 0.29) is 33.8 Å². The van der Waals surface area contributed by atoms with Gasteiger partial charge in [0.15, 0.2) is 0 Å². The summed E-state index contributed by atoms with van der Waals surface area (Å²) < 4.78 is 0. The average Bonchev–Trinajstić information content (AvgIpc) is 3.27. The Morgan fingerprint density at radius 1 is 0.470 bits per heavy atom. The number of fused-ring (bicyclic) bond motifs is 5. The molecule has 5 nitrogen and oxygen atoms in total. The lowest BCUT2D eigenvalue weighted by molar-refractivity contribution is 0.332. The van der Waals surface area contributed by atoms with E-state index in [4.69, 9.17) is 9.97 Å². The van der Waals surface area contributed by atoms with Crippen molar-refractivity contribution in [3.63, 3.8) is 0 Å². The van der Waals surface area contributed by atoms with Crippen LogP contribution in [0.5, 0.6) is 0 Å². The van der Waals surface area contributed by atoms with E-state index in [1.807, 2.05) is 0 Å². The van der Waals surface area contributed by atoms with Crippen LogP contribution < -0.4 is 31.1 Å². The van der Waals surface area contributed by atoms with Gasteiger partial charge < -0.3 is 0 Å². The Labute approximate surface area is 395 Å². The zero-order valence-corrected chi connectivity index (χ0v) is 41.5. The molecule has 0 N–H and O–H groups in total. The van der Waals surface area contributed by atoms with Gasteiger partial charge >= 0.3 is 0 Å². The number of aromatic nitrogens is 2. The summed E-state index contributed by atoms with van der Waals surface area (Å²) in [5.74, 6) is 2.42. The highest BCUT2D eigenvalue weighted by Gasteiger charge is 2.48. The molecule has 3 aliphatic rings. The monoisotopic (exact) mass is 868 g/mol. The van der Waals surface area contributed by atoms with Crippen molar-refractivity contribution < 1.29 is 0 Å². The van der Waals surface area contributed by atoms with E-state index in [0.717, 1.165) is 58.4 Å². The Balaban J connectivity index is 1.36. The van der Waals surface area contributed by atoms with Crippen LogP contribution in [0.3, 0.4) is 0 Å². The molecule has 0 spiro atoms. The van der Waals surface area contributed by atoms with E-state index in [2.05, 4.69) is 244 Å². The van der Waals surface area contributed by atoms with Gasteiger partial charge in [-0.15, -0.1) is 0 Å². The highest BCUT2D eigenvalue weighted by molar-refractivity contribution is 7.00. The van der Waals surface area contributed by atoms with Crippen molar-refractivity contribution in [2.24, 2.45) is 0 Å². The highest BCUT2D eigenvalue weighted by Crippen LogP contribution is 2.51. The maximum atomic E-state index is 5.90. The van der Waals surface area contributed by atoms with Crippen LogP contribution in [0.4, 0.5) is 51.7 Å². The zero-order valence-electron chi connectivity index (χ0n) is 41.5. The van der Waals surface area contributed by atoms with Crippen LogP contribution in [-0.2, 0) is 27.1 Å². The van der Waals surface area contributed by atoms with Gasteiger partial charge in [-0.1, -0.05) is 169 Å². The number of hydrogen-bond acceptors (Lipinski definition) is 5. The standard InChI is InChI=1S/C60H66BN5/c1-56(2,3)39-24-29-44(30-25-39)65-50-33-28-41(58(7,8)9)36-48(50)61-49-37-46-47(60(12,13)35-34-59(46,10)11)38-51(49)66(45-31-26-40(27-32-45)57(4,5)6)54-52(61)53(65)62-55(63-54)64(42-20-16-14-17-21-42)43-22-18-15-19-23-43/h14-33,36-38H,34-35H2,1-13H3. The van der Waals surface area contributed by atoms with Crippen molar-refractivity contribution in [2.45, 2.75) is 130 Å². The SMILES string of the molecule is CC(C)(C)c1ccc(N2c3ccc(C(C)(C)C)cc3B3c4cc5c(cc4N(c4ccc(C(C)(C)C)cc4)c4nc(N(c6ccccc6)c6ccccc6)nc2c43)C(C)(C)CCC5(C)C)cc1. The van der Waals surface area contributed by atoms with Crippen molar-refractivity contribution >= 4 is 74.8 Å². The molecule has 0 unspecified atom stereocenters. The van der Waals surface area contributed by atoms with Crippen LogP contribution in [0.1, 0.15) is 131 Å². The predicted molar refractivity (Wildman–Crippen MR) is 282 cm³/mol. The smallest absolute Gasteiger partial charge is 0.256 e. The Morgan fingerprint density at radius 2 is 0.879 bits per heavy atom. The molecule has 0 bridgehead atoms. The molecule has 6 heteroatoms. The third-order valence-electron chi connectivity index (χ3n) is 14.8. The average molecular weight is 868 g/mol. The third-order valence-corrected chi connectivity index (χ3v) is 14.8. The largest absolute Gasteiger partial charge is 0.296 e.